The molecular weight excluding hydrogens is 358 g/mol. The van der Waals surface area contributed by atoms with Crippen LogP contribution >= 0.6 is 0 Å². The molecule has 0 atom stereocenters. The van der Waals surface area contributed by atoms with Crippen LogP contribution in [0, 0.1) is 0 Å². The van der Waals surface area contributed by atoms with E-state index in [9.17, 15) is 26.3 Å². The number of hydrogen-bond donors (Lipinski definition) is 0. The standard InChI is InChI=1S/C18H11F6N2/c19-17(20,21)13-6-14(18(22,23)24)8-15(7-13)26-9-12-3-1-2-11-4-5-25(10-26)16(11)12/h1-9H,10H2/q+1. The van der Waals surface area contributed by atoms with Crippen molar-refractivity contribution in [1.82, 2.24) is 4.57 Å². The van der Waals surface area contributed by atoms with Crippen LogP contribution in [0.5, 0.6) is 0 Å². The fraction of sp³-hybridized carbons (Fsp3) is 0.167. The molecule has 0 bridgehead atoms. The Bertz CT molecular complexity index is 1010. The first kappa shape index (κ1) is 16.7. The molecule has 2 nitrogen and oxygen atoms in total. The minimum Gasteiger partial charge on any atom is -0.291 e. The molecule has 0 radical (unpaired) electrons. The highest BCUT2D eigenvalue weighted by Gasteiger charge is 2.38. The van der Waals surface area contributed by atoms with Gasteiger partial charge in [0.1, 0.15) is 0 Å². The lowest BCUT2D eigenvalue weighted by atomic mass is 10.1. The van der Waals surface area contributed by atoms with Gasteiger partial charge in [-0.1, -0.05) is 12.1 Å². The van der Waals surface area contributed by atoms with E-state index < -0.39 is 23.5 Å². The molecule has 0 fully saturated rings. The molecule has 3 aromatic rings. The number of rotatable bonds is 1. The van der Waals surface area contributed by atoms with E-state index in [1.54, 1.807) is 29.1 Å². The van der Waals surface area contributed by atoms with Gasteiger partial charge in [0.25, 0.3) is 0 Å². The Morgan fingerprint density at radius 1 is 0.846 bits per heavy atom. The summed E-state index contributed by atoms with van der Waals surface area (Å²) < 4.78 is 81.6. The molecule has 0 N–H and O–H groups in total. The first-order chi connectivity index (χ1) is 12.1. The largest absolute Gasteiger partial charge is 0.416 e. The van der Waals surface area contributed by atoms with Crippen LogP contribution in [0.4, 0.5) is 32.0 Å². The highest BCUT2D eigenvalue weighted by Crippen LogP contribution is 2.38. The summed E-state index contributed by atoms with van der Waals surface area (Å²) in [4.78, 5) is 0. The van der Waals surface area contributed by atoms with Gasteiger partial charge in [0.05, 0.1) is 22.2 Å². The number of hydrogen-bond acceptors (Lipinski definition) is 0. The maximum Gasteiger partial charge on any atom is 0.416 e. The molecule has 2 heterocycles. The maximum atomic E-state index is 13.1. The van der Waals surface area contributed by atoms with E-state index in [-0.39, 0.29) is 18.4 Å². The Balaban J connectivity index is 1.89. The Labute approximate surface area is 143 Å². The minimum atomic E-state index is -4.87. The van der Waals surface area contributed by atoms with Gasteiger partial charge in [0.15, 0.2) is 6.21 Å². The number of halogens is 6. The summed E-state index contributed by atoms with van der Waals surface area (Å²) in [7, 11) is 0. The van der Waals surface area contributed by atoms with E-state index in [1.165, 1.54) is 4.58 Å². The third-order valence-corrected chi connectivity index (χ3v) is 4.32. The van der Waals surface area contributed by atoms with E-state index in [0.29, 0.717) is 0 Å². The van der Waals surface area contributed by atoms with Crippen molar-refractivity contribution in [3.63, 3.8) is 0 Å². The number of aromatic nitrogens is 1. The second kappa shape index (κ2) is 5.36. The second-order valence-corrected chi connectivity index (χ2v) is 6.07. The van der Waals surface area contributed by atoms with Crippen LogP contribution in [0.15, 0.2) is 48.7 Å². The minimum absolute atomic E-state index is 0.124. The normalized spacial score (nSPS) is 14.6. The van der Waals surface area contributed by atoms with E-state index in [2.05, 4.69) is 0 Å². The number of alkyl halides is 6. The first-order valence-corrected chi connectivity index (χ1v) is 7.62. The van der Waals surface area contributed by atoms with Crippen LogP contribution in [-0.4, -0.2) is 15.4 Å². The van der Waals surface area contributed by atoms with Crippen LogP contribution in [0.1, 0.15) is 16.7 Å². The van der Waals surface area contributed by atoms with Gasteiger partial charge in [-0.25, -0.2) is 0 Å². The molecule has 0 aliphatic carbocycles. The molecule has 0 unspecified atom stereocenters. The predicted molar refractivity (Wildman–Crippen MR) is 83.5 cm³/mol. The van der Waals surface area contributed by atoms with E-state index in [1.807, 2.05) is 12.1 Å². The van der Waals surface area contributed by atoms with Gasteiger partial charge in [-0.3, -0.25) is 4.57 Å². The summed E-state index contributed by atoms with van der Waals surface area (Å²) in [5.74, 6) is 0. The summed E-state index contributed by atoms with van der Waals surface area (Å²) in [5.41, 5.74) is -1.19. The molecule has 0 saturated carbocycles. The molecule has 1 aliphatic heterocycles. The van der Waals surface area contributed by atoms with Gasteiger partial charge in [0.2, 0.25) is 12.4 Å². The average Bonchev–Trinajstić information content (AvgIpc) is 2.98. The van der Waals surface area contributed by atoms with Crippen molar-refractivity contribution in [3.8, 4) is 0 Å². The zero-order valence-electron chi connectivity index (χ0n) is 13.1. The molecule has 0 saturated heterocycles. The SMILES string of the molecule is FC(F)(F)c1cc([N+]2=Cc3cccc4ccn(c34)C2)cc(C(F)(F)F)c1. The van der Waals surface area contributed by atoms with Crippen molar-refractivity contribution in [2.45, 2.75) is 19.0 Å². The smallest absolute Gasteiger partial charge is 0.291 e. The van der Waals surface area contributed by atoms with Gasteiger partial charge < -0.3 is 0 Å². The van der Waals surface area contributed by atoms with Gasteiger partial charge in [-0.2, -0.15) is 30.9 Å². The lowest BCUT2D eigenvalue weighted by Gasteiger charge is -2.16. The van der Waals surface area contributed by atoms with Crippen molar-refractivity contribution in [2.75, 3.05) is 0 Å². The van der Waals surface area contributed by atoms with Gasteiger partial charge in [-0.15, -0.1) is 0 Å². The maximum absolute atomic E-state index is 13.1. The van der Waals surface area contributed by atoms with Crippen molar-refractivity contribution >= 4 is 22.8 Å². The Morgan fingerprint density at radius 3 is 2.12 bits per heavy atom. The summed E-state index contributed by atoms with van der Waals surface area (Å²) in [6.07, 6.45) is -6.42. The summed E-state index contributed by atoms with van der Waals surface area (Å²) in [6.45, 7) is 0.124. The second-order valence-electron chi connectivity index (χ2n) is 6.07. The topological polar surface area (TPSA) is 7.94 Å². The molecule has 1 aliphatic rings. The van der Waals surface area contributed by atoms with Crippen LogP contribution < -0.4 is 0 Å². The van der Waals surface area contributed by atoms with Gasteiger partial charge in [-0.05, 0) is 18.2 Å². The zero-order valence-corrected chi connectivity index (χ0v) is 13.1. The fourth-order valence-electron chi connectivity index (χ4n) is 3.15. The molecule has 0 amide bonds. The highest BCUT2D eigenvalue weighted by molar-refractivity contribution is 5.97. The molecule has 2 aromatic carbocycles. The highest BCUT2D eigenvalue weighted by atomic mass is 19.4. The molecular formula is C18H11F6N2+. The molecule has 8 heteroatoms. The van der Waals surface area contributed by atoms with Gasteiger partial charge in [0, 0.05) is 23.7 Å². The monoisotopic (exact) mass is 369 g/mol. The lowest BCUT2D eigenvalue weighted by Crippen LogP contribution is -2.20. The van der Waals surface area contributed by atoms with E-state index in [0.717, 1.165) is 28.6 Å². The molecule has 26 heavy (non-hydrogen) atoms. The van der Waals surface area contributed by atoms with Crippen molar-refractivity contribution in [1.29, 1.82) is 0 Å². The number of para-hydroxylation sites is 1. The average molecular weight is 369 g/mol. The lowest BCUT2D eigenvalue weighted by molar-refractivity contribution is -0.472. The summed E-state index contributed by atoms with van der Waals surface area (Å²) in [6, 6.07) is 8.91. The first-order valence-electron chi connectivity index (χ1n) is 7.62. The van der Waals surface area contributed by atoms with Crippen LogP contribution in [0.25, 0.3) is 10.9 Å². The number of benzene rings is 2. The zero-order chi connectivity index (χ0) is 18.7. The predicted octanol–water partition coefficient (Wildman–Crippen LogP) is 5.41. The van der Waals surface area contributed by atoms with Crippen LogP contribution in [0.2, 0.25) is 0 Å². The molecule has 4 rings (SSSR count). The van der Waals surface area contributed by atoms with Crippen LogP contribution in [-0.2, 0) is 19.0 Å². The van der Waals surface area contributed by atoms with Crippen LogP contribution in [0.3, 0.4) is 0 Å². The fourth-order valence-corrected chi connectivity index (χ4v) is 3.15. The quantitative estimate of drug-likeness (QED) is 0.400. The third kappa shape index (κ3) is 2.75. The van der Waals surface area contributed by atoms with Gasteiger partial charge >= 0.3 is 12.4 Å². The molecule has 134 valence electrons. The summed E-state index contributed by atoms with van der Waals surface area (Å²) >= 11 is 0. The third-order valence-electron chi connectivity index (χ3n) is 4.32. The van der Waals surface area contributed by atoms with Crippen molar-refractivity contribution < 1.29 is 30.9 Å². The van der Waals surface area contributed by atoms with Crippen molar-refractivity contribution in [2.24, 2.45) is 0 Å². The van der Waals surface area contributed by atoms with Crippen molar-refractivity contribution in [3.05, 3.63) is 65.4 Å². The van der Waals surface area contributed by atoms with E-state index >= 15 is 0 Å². The Hall–Kier alpha value is -2.77. The number of nitrogens with zero attached hydrogens (tertiary/aromatic N) is 2. The van der Waals surface area contributed by atoms with E-state index in [4.69, 9.17) is 0 Å². The molecule has 1 aromatic heterocycles. The Morgan fingerprint density at radius 2 is 1.50 bits per heavy atom. The molecule has 0 spiro atoms. The summed E-state index contributed by atoms with van der Waals surface area (Å²) in [5, 5.41) is 0.957. The Kier molecular flexibility index (Phi) is 3.44.